The van der Waals surface area contributed by atoms with Gasteiger partial charge in [-0.05, 0) is 25.0 Å². The van der Waals surface area contributed by atoms with E-state index in [1.165, 1.54) is 7.05 Å². The summed E-state index contributed by atoms with van der Waals surface area (Å²) in [5, 5.41) is 0.749. The standard InChI is InChI=1S/C15H19Cl2NO5S/c1-18-24(19,20)23-14-13(12-10(16)6-5-7-11(12)17)21-15(22-14)8-3-2-4-9-15/h5-7,13-14,18H,2-4,8-9H2,1H3. The lowest BCUT2D eigenvalue weighted by Crippen LogP contribution is -2.35. The Labute approximate surface area is 151 Å². The lowest BCUT2D eigenvalue weighted by atomic mass is 9.94. The number of benzene rings is 1. The Morgan fingerprint density at radius 3 is 2.38 bits per heavy atom. The highest BCUT2D eigenvalue weighted by Gasteiger charge is 2.51. The molecule has 2 aliphatic rings. The summed E-state index contributed by atoms with van der Waals surface area (Å²) in [6.07, 6.45) is 2.33. The van der Waals surface area contributed by atoms with E-state index >= 15 is 0 Å². The molecule has 0 amide bonds. The normalized spacial score (nSPS) is 26.8. The Morgan fingerprint density at radius 2 is 1.79 bits per heavy atom. The van der Waals surface area contributed by atoms with Gasteiger partial charge in [0.25, 0.3) is 0 Å². The molecule has 0 aromatic heterocycles. The van der Waals surface area contributed by atoms with Crippen molar-refractivity contribution in [3.05, 3.63) is 33.8 Å². The van der Waals surface area contributed by atoms with Crippen LogP contribution in [0.3, 0.4) is 0 Å². The average molecular weight is 396 g/mol. The first-order valence-electron chi connectivity index (χ1n) is 7.77. The molecule has 2 unspecified atom stereocenters. The minimum Gasteiger partial charge on any atom is -0.336 e. The molecule has 1 aromatic carbocycles. The van der Waals surface area contributed by atoms with E-state index in [-0.39, 0.29) is 0 Å². The van der Waals surface area contributed by atoms with Gasteiger partial charge in [0.15, 0.2) is 5.79 Å². The monoisotopic (exact) mass is 395 g/mol. The lowest BCUT2D eigenvalue weighted by molar-refractivity contribution is -0.210. The van der Waals surface area contributed by atoms with E-state index in [9.17, 15) is 8.42 Å². The highest BCUT2D eigenvalue weighted by atomic mass is 35.5. The summed E-state index contributed by atoms with van der Waals surface area (Å²) in [6.45, 7) is 0. The van der Waals surface area contributed by atoms with Crippen LogP contribution in [0.5, 0.6) is 0 Å². The summed E-state index contributed by atoms with van der Waals surface area (Å²) < 4.78 is 43.0. The molecule has 24 heavy (non-hydrogen) atoms. The molecule has 134 valence electrons. The quantitative estimate of drug-likeness (QED) is 0.843. The van der Waals surface area contributed by atoms with Gasteiger partial charge in [-0.1, -0.05) is 35.7 Å². The van der Waals surface area contributed by atoms with E-state index in [4.69, 9.17) is 36.9 Å². The molecule has 3 rings (SSSR count). The van der Waals surface area contributed by atoms with Crippen molar-refractivity contribution >= 4 is 33.5 Å². The molecular formula is C15H19Cl2NO5S. The Bertz CT molecular complexity index is 686. The van der Waals surface area contributed by atoms with Gasteiger partial charge in [0.2, 0.25) is 6.29 Å². The number of ether oxygens (including phenoxy) is 2. The molecule has 1 aromatic rings. The van der Waals surface area contributed by atoms with Gasteiger partial charge in [-0.2, -0.15) is 13.1 Å². The molecule has 1 N–H and O–H groups in total. The lowest BCUT2D eigenvalue weighted by Gasteiger charge is -2.31. The van der Waals surface area contributed by atoms with Gasteiger partial charge in [0.1, 0.15) is 6.10 Å². The summed E-state index contributed by atoms with van der Waals surface area (Å²) in [7, 11) is -2.70. The fourth-order valence-corrected chi connectivity index (χ4v) is 4.23. The van der Waals surface area contributed by atoms with Crippen molar-refractivity contribution in [1.82, 2.24) is 4.72 Å². The Balaban J connectivity index is 1.96. The van der Waals surface area contributed by atoms with Crippen LogP contribution in [0, 0.1) is 0 Å². The summed E-state index contributed by atoms with van der Waals surface area (Å²) in [4.78, 5) is 0. The van der Waals surface area contributed by atoms with Gasteiger partial charge in [-0.15, -0.1) is 0 Å². The first kappa shape index (κ1) is 18.4. The van der Waals surface area contributed by atoms with Crippen LogP contribution in [0.15, 0.2) is 18.2 Å². The second-order valence-corrected chi connectivity index (χ2v) is 8.21. The number of hydrogen-bond donors (Lipinski definition) is 1. The summed E-state index contributed by atoms with van der Waals surface area (Å²) in [5.41, 5.74) is 0.472. The van der Waals surface area contributed by atoms with Crippen molar-refractivity contribution in [2.45, 2.75) is 50.3 Å². The molecular weight excluding hydrogens is 377 g/mol. The third-order valence-corrected chi connectivity index (χ3v) is 5.89. The SMILES string of the molecule is CNS(=O)(=O)OC1OC2(CCCCC2)OC1c1c(Cl)cccc1Cl. The van der Waals surface area contributed by atoms with Crippen LogP contribution in [0.1, 0.15) is 43.8 Å². The third kappa shape index (κ3) is 3.72. The van der Waals surface area contributed by atoms with Crippen molar-refractivity contribution < 1.29 is 22.1 Å². The highest BCUT2D eigenvalue weighted by Crippen LogP contribution is 2.49. The second-order valence-electron chi connectivity index (χ2n) is 5.89. The van der Waals surface area contributed by atoms with E-state index in [1.807, 2.05) is 0 Å². The third-order valence-electron chi connectivity index (χ3n) is 4.29. The molecule has 2 fully saturated rings. The fraction of sp³-hybridized carbons (Fsp3) is 0.600. The maximum Gasteiger partial charge on any atom is 0.338 e. The predicted molar refractivity (Wildman–Crippen MR) is 90.0 cm³/mol. The van der Waals surface area contributed by atoms with Crippen molar-refractivity contribution in [3.8, 4) is 0 Å². The molecule has 1 saturated carbocycles. The molecule has 1 spiro atoms. The molecule has 9 heteroatoms. The van der Waals surface area contributed by atoms with Gasteiger partial charge < -0.3 is 9.47 Å². The summed E-state index contributed by atoms with van der Waals surface area (Å²) >= 11 is 12.5. The van der Waals surface area contributed by atoms with Crippen molar-refractivity contribution in [3.63, 3.8) is 0 Å². The van der Waals surface area contributed by atoms with E-state index in [0.29, 0.717) is 28.5 Å². The number of nitrogens with one attached hydrogen (secondary N) is 1. The van der Waals surface area contributed by atoms with Crippen LogP contribution in [-0.4, -0.2) is 27.5 Å². The largest absolute Gasteiger partial charge is 0.338 e. The molecule has 0 bridgehead atoms. The van der Waals surface area contributed by atoms with Gasteiger partial charge in [0.05, 0.1) is 0 Å². The smallest absolute Gasteiger partial charge is 0.336 e. The number of hydrogen-bond acceptors (Lipinski definition) is 5. The first-order valence-corrected chi connectivity index (χ1v) is 9.93. The van der Waals surface area contributed by atoms with E-state index < -0.39 is 28.5 Å². The maximum absolute atomic E-state index is 11.8. The Kier molecular flexibility index (Phi) is 5.42. The number of rotatable bonds is 4. The van der Waals surface area contributed by atoms with Crippen molar-refractivity contribution in [2.75, 3.05) is 7.05 Å². The maximum atomic E-state index is 11.8. The molecule has 2 atom stereocenters. The molecule has 1 saturated heterocycles. The zero-order valence-corrected chi connectivity index (χ0v) is 15.5. The van der Waals surface area contributed by atoms with Crippen LogP contribution in [0.25, 0.3) is 0 Å². The zero-order valence-electron chi connectivity index (χ0n) is 13.1. The molecule has 1 aliphatic carbocycles. The van der Waals surface area contributed by atoms with Gasteiger partial charge in [-0.25, -0.2) is 4.18 Å². The van der Waals surface area contributed by atoms with E-state index in [1.54, 1.807) is 18.2 Å². The Morgan fingerprint density at radius 1 is 1.17 bits per heavy atom. The molecule has 0 radical (unpaired) electrons. The molecule has 1 aliphatic heterocycles. The van der Waals surface area contributed by atoms with Crippen LogP contribution >= 0.6 is 23.2 Å². The van der Waals surface area contributed by atoms with E-state index in [0.717, 1.165) is 19.3 Å². The minimum atomic E-state index is -3.97. The van der Waals surface area contributed by atoms with E-state index in [2.05, 4.69) is 4.72 Å². The van der Waals surface area contributed by atoms with Gasteiger partial charge in [0, 0.05) is 35.5 Å². The summed E-state index contributed by atoms with van der Waals surface area (Å²) in [5.74, 6) is -0.862. The van der Waals surface area contributed by atoms with Gasteiger partial charge >= 0.3 is 10.3 Å². The highest BCUT2D eigenvalue weighted by molar-refractivity contribution is 7.84. The van der Waals surface area contributed by atoms with Crippen LogP contribution < -0.4 is 4.72 Å². The number of halogens is 2. The minimum absolute atomic E-state index is 0.374. The van der Waals surface area contributed by atoms with Crippen LogP contribution in [-0.2, 0) is 24.0 Å². The average Bonchev–Trinajstić information content (AvgIpc) is 2.85. The second kappa shape index (κ2) is 7.07. The predicted octanol–water partition coefficient (Wildman–Crippen LogP) is 3.55. The first-order chi connectivity index (χ1) is 11.4. The van der Waals surface area contributed by atoms with Crippen LogP contribution in [0.2, 0.25) is 10.0 Å². The van der Waals surface area contributed by atoms with Crippen LogP contribution in [0.4, 0.5) is 0 Å². The van der Waals surface area contributed by atoms with Crippen molar-refractivity contribution in [1.29, 1.82) is 0 Å². The topological polar surface area (TPSA) is 73.9 Å². The zero-order chi connectivity index (χ0) is 17.4. The molecule has 1 heterocycles. The molecule has 6 nitrogen and oxygen atoms in total. The Hall–Kier alpha value is -0.410. The fourth-order valence-electron chi connectivity index (χ4n) is 3.13. The van der Waals surface area contributed by atoms with Gasteiger partial charge in [-0.3, -0.25) is 0 Å². The summed E-state index contributed by atoms with van der Waals surface area (Å²) in [6, 6.07) is 5.05. The van der Waals surface area contributed by atoms with Crippen molar-refractivity contribution in [2.24, 2.45) is 0 Å².